The Hall–Kier alpha value is -2.13. The van der Waals surface area contributed by atoms with E-state index in [0.717, 1.165) is 37.2 Å². The summed E-state index contributed by atoms with van der Waals surface area (Å²) in [5, 5.41) is 6.45. The van der Waals surface area contributed by atoms with Crippen LogP contribution in [0.4, 0.5) is 0 Å². The zero-order valence-electron chi connectivity index (χ0n) is 13.4. The molecule has 1 heterocycles. The normalized spacial score (nSPS) is 17.7. The molecule has 3 nitrogen and oxygen atoms in total. The summed E-state index contributed by atoms with van der Waals surface area (Å²) in [6, 6.07) is 18.0. The second-order valence-corrected chi connectivity index (χ2v) is 6.20. The first-order valence-corrected chi connectivity index (χ1v) is 8.47. The first-order chi connectivity index (χ1) is 11.3. The zero-order chi connectivity index (χ0) is 15.9. The predicted octanol–water partition coefficient (Wildman–Crippen LogP) is 3.47. The molecule has 23 heavy (non-hydrogen) atoms. The molecule has 0 radical (unpaired) electrons. The Morgan fingerprint density at radius 2 is 1.78 bits per heavy atom. The van der Waals surface area contributed by atoms with Gasteiger partial charge in [0, 0.05) is 12.1 Å². The number of hydrogen-bond donors (Lipinski definition) is 2. The maximum absolute atomic E-state index is 12.2. The van der Waals surface area contributed by atoms with E-state index in [4.69, 9.17) is 0 Å². The Morgan fingerprint density at radius 3 is 2.48 bits per heavy atom. The second-order valence-electron chi connectivity index (χ2n) is 6.20. The highest BCUT2D eigenvalue weighted by molar-refractivity contribution is 5.94. The van der Waals surface area contributed by atoms with E-state index in [-0.39, 0.29) is 5.91 Å². The van der Waals surface area contributed by atoms with Crippen LogP contribution in [-0.2, 0) is 0 Å². The first kappa shape index (κ1) is 15.8. The van der Waals surface area contributed by atoms with Crippen LogP contribution in [0.3, 0.4) is 0 Å². The third-order valence-corrected chi connectivity index (χ3v) is 4.49. The molecular weight excluding hydrogens is 284 g/mol. The Balaban J connectivity index is 1.51. The van der Waals surface area contributed by atoms with Crippen LogP contribution < -0.4 is 10.6 Å². The lowest BCUT2D eigenvalue weighted by molar-refractivity contribution is 0.0950. The lowest BCUT2D eigenvalue weighted by atomic mass is 9.96. The summed E-state index contributed by atoms with van der Waals surface area (Å²) >= 11 is 0. The lowest BCUT2D eigenvalue weighted by Gasteiger charge is -2.22. The third-order valence-electron chi connectivity index (χ3n) is 4.49. The highest BCUT2D eigenvalue weighted by Crippen LogP contribution is 2.19. The van der Waals surface area contributed by atoms with Gasteiger partial charge in [-0.3, -0.25) is 4.79 Å². The topological polar surface area (TPSA) is 41.1 Å². The summed E-state index contributed by atoms with van der Waals surface area (Å²) in [6.07, 6.45) is 3.58. The number of benzene rings is 2. The highest BCUT2D eigenvalue weighted by Gasteiger charge is 2.13. The molecule has 0 spiro atoms. The van der Waals surface area contributed by atoms with Gasteiger partial charge < -0.3 is 10.6 Å². The van der Waals surface area contributed by atoms with Gasteiger partial charge in [0.2, 0.25) is 0 Å². The molecule has 1 amide bonds. The van der Waals surface area contributed by atoms with Gasteiger partial charge in [-0.2, -0.15) is 0 Å². The summed E-state index contributed by atoms with van der Waals surface area (Å²) in [6.45, 7) is 2.98. The molecule has 2 N–H and O–H groups in total. The molecule has 1 aliphatic heterocycles. The molecule has 1 aliphatic rings. The molecule has 1 fully saturated rings. The summed E-state index contributed by atoms with van der Waals surface area (Å²) < 4.78 is 0. The number of nitrogens with one attached hydrogen (secondary N) is 2. The molecule has 0 aliphatic carbocycles. The molecule has 3 rings (SSSR count). The molecule has 0 aromatic heterocycles. The van der Waals surface area contributed by atoms with Crippen LogP contribution >= 0.6 is 0 Å². The molecule has 2 aromatic carbocycles. The molecular formula is C20H24N2O. The van der Waals surface area contributed by atoms with Crippen LogP contribution in [0.2, 0.25) is 0 Å². The summed E-state index contributed by atoms with van der Waals surface area (Å²) in [4.78, 5) is 12.2. The van der Waals surface area contributed by atoms with Crippen molar-refractivity contribution in [1.82, 2.24) is 10.6 Å². The number of carbonyl (C=O) groups excluding carboxylic acids is 1. The number of carbonyl (C=O) groups is 1. The van der Waals surface area contributed by atoms with Crippen LogP contribution in [0.25, 0.3) is 11.1 Å². The van der Waals surface area contributed by atoms with Gasteiger partial charge in [0.05, 0.1) is 0 Å². The van der Waals surface area contributed by atoms with Crippen LogP contribution in [0, 0.1) is 5.92 Å². The van der Waals surface area contributed by atoms with Gasteiger partial charge in [0.25, 0.3) is 5.91 Å². The van der Waals surface area contributed by atoms with Crippen molar-refractivity contribution in [3.05, 3.63) is 60.2 Å². The van der Waals surface area contributed by atoms with Crippen molar-refractivity contribution in [2.75, 3.05) is 19.6 Å². The van der Waals surface area contributed by atoms with E-state index in [9.17, 15) is 4.79 Å². The number of piperidine rings is 1. The fraction of sp³-hybridized carbons (Fsp3) is 0.350. The summed E-state index contributed by atoms with van der Waals surface area (Å²) in [5.41, 5.74) is 3.03. The largest absolute Gasteiger partial charge is 0.352 e. The van der Waals surface area contributed by atoms with Crippen molar-refractivity contribution in [2.45, 2.75) is 19.3 Å². The van der Waals surface area contributed by atoms with E-state index in [1.807, 2.05) is 42.5 Å². The van der Waals surface area contributed by atoms with Crippen molar-refractivity contribution in [2.24, 2.45) is 5.92 Å². The predicted molar refractivity (Wildman–Crippen MR) is 94.4 cm³/mol. The van der Waals surface area contributed by atoms with Crippen molar-refractivity contribution < 1.29 is 4.79 Å². The van der Waals surface area contributed by atoms with Crippen molar-refractivity contribution in [3.8, 4) is 11.1 Å². The summed E-state index contributed by atoms with van der Waals surface area (Å²) in [5.74, 6) is 0.720. The van der Waals surface area contributed by atoms with Crippen molar-refractivity contribution in [1.29, 1.82) is 0 Å². The Morgan fingerprint density at radius 1 is 1.04 bits per heavy atom. The second kappa shape index (κ2) is 7.93. The minimum atomic E-state index is 0.0216. The van der Waals surface area contributed by atoms with E-state index >= 15 is 0 Å². The van der Waals surface area contributed by atoms with Gasteiger partial charge in [-0.1, -0.05) is 42.5 Å². The minimum Gasteiger partial charge on any atom is -0.352 e. The van der Waals surface area contributed by atoms with Crippen molar-refractivity contribution in [3.63, 3.8) is 0 Å². The zero-order valence-corrected chi connectivity index (χ0v) is 13.4. The van der Waals surface area contributed by atoms with Crippen LogP contribution in [0.15, 0.2) is 54.6 Å². The van der Waals surface area contributed by atoms with Gasteiger partial charge in [0.1, 0.15) is 0 Å². The van der Waals surface area contributed by atoms with Crippen LogP contribution in [0.1, 0.15) is 29.6 Å². The summed E-state index contributed by atoms with van der Waals surface area (Å²) in [7, 11) is 0. The lowest BCUT2D eigenvalue weighted by Crippen LogP contribution is -2.33. The van der Waals surface area contributed by atoms with E-state index in [1.165, 1.54) is 18.4 Å². The number of amides is 1. The molecule has 2 aromatic rings. The fourth-order valence-corrected chi connectivity index (χ4v) is 3.11. The van der Waals surface area contributed by atoms with E-state index in [1.54, 1.807) is 0 Å². The Bertz CT molecular complexity index is 616. The van der Waals surface area contributed by atoms with Gasteiger partial charge in [-0.15, -0.1) is 0 Å². The highest BCUT2D eigenvalue weighted by atomic mass is 16.1. The van der Waals surface area contributed by atoms with Crippen LogP contribution in [-0.4, -0.2) is 25.5 Å². The Kier molecular flexibility index (Phi) is 5.43. The Labute approximate surface area is 138 Å². The number of hydrogen-bond acceptors (Lipinski definition) is 2. The molecule has 120 valence electrons. The van der Waals surface area contributed by atoms with Gasteiger partial charge in [0.15, 0.2) is 0 Å². The molecule has 0 bridgehead atoms. The average molecular weight is 308 g/mol. The van der Waals surface area contributed by atoms with E-state index in [2.05, 4.69) is 22.8 Å². The van der Waals surface area contributed by atoms with E-state index in [0.29, 0.717) is 5.92 Å². The number of rotatable bonds is 5. The van der Waals surface area contributed by atoms with Gasteiger partial charge in [-0.05, 0) is 61.5 Å². The maximum atomic E-state index is 12.2. The first-order valence-electron chi connectivity index (χ1n) is 8.47. The third kappa shape index (κ3) is 4.42. The fourth-order valence-electron chi connectivity index (χ4n) is 3.11. The minimum absolute atomic E-state index is 0.0216. The van der Waals surface area contributed by atoms with Crippen LogP contribution in [0.5, 0.6) is 0 Å². The maximum Gasteiger partial charge on any atom is 0.251 e. The SMILES string of the molecule is O=C(NCCC1CCCNC1)c1ccc(-c2ccccc2)cc1. The van der Waals surface area contributed by atoms with Crippen molar-refractivity contribution >= 4 is 5.91 Å². The van der Waals surface area contributed by atoms with E-state index < -0.39 is 0 Å². The molecule has 1 unspecified atom stereocenters. The standard InChI is InChI=1S/C20H24N2O/c23-20(22-14-12-16-5-4-13-21-15-16)19-10-8-18(9-11-19)17-6-2-1-3-7-17/h1-3,6-11,16,21H,4-5,12-15H2,(H,22,23). The van der Waals surface area contributed by atoms with Gasteiger partial charge in [-0.25, -0.2) is 0 Å². The average Bonchev–Trinajstić information content (AvgIpc) is 2.63. The van der Waals surface area contributed by atoms with Gasteiger partial charge >= 0.3 is 0 Å². The molecule has 0 saturated carbocycles. The smallest absolute Gasteiger partial charge is 0.251 e. The monoisotopic (exact) mass is 308 g/mol. The quantitative estimate of drug-likeness (QED) is 0.888. The molecule has 1 atom stereocenters. The molecule has 1 saturated heterocycles. The molecule has 3 heteroatoms.